The van der Waals surface area contributed by atoms with Crippen LogP contribution in [0.15, 0.2) is 12.1 Å². The van der Waals surface area contributed by atoms with Crippen LogP contribution in [0.25, 0.3) is 0 Å². The molecule has 114 valence electrons. The van der Waals surface area contributed by atoms with E-state index in [2.05, 4.69) is 10.2 Å². The lowest BCUT2D eigenvalue weighted by Gasteiger charge is -2.19. The van der Waals surface area contributed by atoms with E-state index >= 15 is 0 Å². The fraction of sp³-hybridized carbons (Fsp3) is 0.643. The van der Waals surface area contributed by atoms with Crippen LogP contribution in [0.3, 0.4) is 0 Å². The fourth-order valence-corrected chi connectivity index (χ4v) is 2.66. The minimum atomic E-state index is -0.0287. The van der Waals surface area contributed by atoms with Crippen molar-refractivity contribution >= 4 is 5.91 Å². The summed E-state index contributed by atoms with van der Waals surface area (Å²) in [7, 11) is 1.54. The van der Waals surface area contributed by atoms with Crippen LogP contribution in [0.2, 0.25) is 0 Å². The third-order valence-corrected chi connectivity index (χ3v) is 3.85. The number of amides is 1. The average Bonchev–Trinajstić information content (AvgIpc) is 3.19. The van der Waals surface area contributed by atoms with Crippen LogP contribution in [0.5, 0.6) is 11.8 Å². The van der Waals surface area contributed by atoms with E-state index in [1.165, 1.54) is 7.11 Å². The van der Waals surface area contributed by atoms with Crippen molar-refractivity contribution in [1.82, 2.24) is 15.1 Å². The zero-order chi connectivity index (χ0) is 14.7. The minimum Gasteiger partial charge on any atom is -0.480 e. The average molecular weight is 293 g/mol. The van der Waals surface area contributed by atoms with E-state index in [-0.39, 0.29) is 17.9 Å². The molecule has 1 amide bonds. The number of rotatable bonds is 4. The first-order valence-corrected chi connectivity index (χ1v) is 7.17. The molecule has 0 saturated carbocycles. The molecule has 1 aromatic heterocycles. The number of methoxy groups -OCH3 is 1. The van der Waals surface area contributed by atoms with Crippen LogP contribution in [-0.2, 0) is 9.53 Å². The van der Waals surface area contributed by atoms with Crippen molar-refractivity contribution in [2.24, 2.45) is 5.92 Å². The molecule has 2 saturated heterocycles. The highest BCUT2D eigenvalue weighted by Gasteiger charge is 2.33. The van der Waals surface area contributed by atoms with Crippen LogP contribution in [0.4, 0.5) is 0 Å². The number of carbonyl (C=O) groups excluding carboxylic acids is 1. The van der Waals surface area contributed by atoms with Crippen molar-refractivity contribution in [3.8, 4) is 11.8 Å². The van der Waals surface area contributed by atoms with E-state index in [0.29, 0.717) is 31.5 Å². The van der Waals surface area contributed by atoms with Gasteiger partial charge in [-0.2, -0.15) is 0 Å². The molecular weight excluding hydrogens is 274 g/mol. The molecule has 1 aromatic rings. The molecule has 21 heavy (non-hydrogen) atoms. The van der Waals surface area contributed by atoms with Crippen LogP contribution >= 0.6 is 0 Å². The van der Waals surface area contributed by atoms with Crippen molar-refractivity contribution in [2.75, 3.05) is 33.4 Å². The van der Waals surface area contributed by atoms with E-state index in [1.54, 1.807) is 12.1 Å². The van der Waals surface area contributed by atoms with Gasteiger partial charge < -0.3 is 19.1 Å². The summed E-state index contributed by atoms with van der Waals surface area (Å²) in [4.78, 5) is 14.1. The zero-order valence-electron chi connectivity index (χ0n) is 12.0. The Labute approximate surface area is 123 Å². The summed E-state index contributed by atoms with van der Waals surface area (Å²) in [6, 6.07) is 3.43. The molecule has 7 heteroatoms. The molecule has 7 nitrogen and oxygen atoms in total. The number of carbonyl (C=O) groups is 1. The van der Waals surface area contributed by atoms with Crippen molar-refractivity contribution < 1.29 is 19.0 Å². The van der Waals surface area contributed by atoms with E-state index < -0.39 is 0 Å². The van der Waals surface area contributed by atoms with E-state index in [4.69, 9.17) is 14.2 Å². The second-order valence-electron chi connectivity index (χ2n) is 5.29. The monoisotopic (exact) mass is 293 g/mol. The van der Waals surface area contributed by atoms with Gasteiger partial charge in [0.2, 0.25) is 17.7 Å². The van der Waals surface area contributed by atoms with Crippen LogP contribution in [0, 0.1) is 5.92 Å². The lowest BCUT2D eigenvalue weighted by molar-refractivity contribution is -0.134. The van der Waals surface area contributed by atoms with Gasteiger partial charge in [0.1, 0.15) is 6.10 Å². The Bertz CT molecular complexity index is 487. The molecule has 2 aliphatic rings. The van der Waals surface area contributed by atoms with E-state index in [1.807, 2.05) is 4.90 Å². The van der Waals surface area contributed by atoms with Gasteiger partial charge in [0, 0.05) is 31.7 Å². The minimum absolute atomic E-state index is 0.0181. The van der Waals surface area contributed by atoms with E-state index in [9.17, 15) is 4.79 Å². The topological polar surface area (TPSA) is 73.8 Å². The van der Waals surface area contributed by atoms with Gasteiger partial charge in [-0.1, -0.05) is 0 Å². The predicted octanol–water partition coefficient (Wildman–Crippen LogP) is 0.501. The van der Waals surface area contributed by atoms with Gasteiger partial charge in [-0.05, 0) is 6.42 Å². The Morgan fingerprint density at radius 3 is 2.81 bits per heavy atom. The third kappa shape index (κ3) is 3.24. The smallest absolute Gasteiger partial charge is 0.233 e. The molecule has 0 N–H and O–H groups in total. The highest BCUT2D eigenvalue weighted by atomic mass is 16.5. The Morgan fingerprint density at radius 2 is 2.14 bits per heavy atom. The third-order valence-electron chi connectivity index (χ3n) is 3.85. The molecular formula is C14H19N3O4. The Hall–Kier alpha value is -1.89. The highest BCUT2D eigenvalue weighted by molar-refractivity contribution is 5.79. The predicted molar refractivity (Wildman–Crippen MR) is 73.1 cm³/mol. The fourth-order valence-electron chi connectivity index (χ4n) is 2.66. The molecule has 0 aliphatic carbocycles. The second-order valence-corrected chi connectivity index (χ2v) is 5.29. The normalized spacial score (nSPS) is 25.1. The second kappa shape index (κ2) is 6.26. The number of nitrogens with zero attached hydrogens (tertiary/aromatic N) is 3. The molecule has 2 aliphatic heterocycles. The standard InChI is InChI=1S/C14H19N3O4/c1-19-12-2-3-13(16-15-12)21-11-4-6-17(8-11)14(18)10-5-7-20-9-10/h2-3,10-11H,4-9H2,1H3. The summed E-state index contributed by atoms with van der Waals surface area (Å²) in [6.07, 6.45) is 1.61. The Balaban J connectivity index is 1.52. The SMILES string of the molecule is COc1ccc(OC2CCN(C(=O)C3CCOC3)C2)nn1. The maximum Gasteiger partial charge on any atom is 0.233 e. The summed E-state index contributed by atoms with van der Waals surface area (Å²) in [5, 5.41) is 7.80. The van der Waals surface area contributed by atoms with Gasteiger partial charge in [-0.25, -0.2) is 0 Å². The van der Waals surface area contributed by atoms with E-state index in [0.717, 1.165) is 19.4 Å². The Kier molecular flexibility index (Phi) is 4.19. The number of likely N-dealkylation sites (tertiary alicyclic amines) is 1. The van der Waals surface area contributed by atoms with Gasteiger partial charge in [0.15, 0.2) is 0 Å². The van der Waals surface area contributed by atoms with Crippen LogP contribution < -0.4 is 9.47 Å². The number of aromatic nitrogens is 2. The first-order chi connectivity index (χ1) is 10.3. The number of hydrogen-bond acceptors (Lipinski definition) is 6. The van der Waals surface area contributed by atoms with Gasteiger partial charge in [-0.3, -0.25) is 4.79 Å². The lowest BCUT2D eigenvalue weighted by atomic mass is 10.1. The maximum atomic E-state index is 12.3. The molecule has 3 heterocycles. The summed E-state index contributed by atoms with van der Waals surface area (Å²) < 4.78 is 16.0. The van der Waals surface area contributed by atoms with Crippen molar-refractivity contribution in [2.45, 2.75) is 18.9 Å². The molecule has 2 unspecified atom stereocenters. The van der Waals surface area contributed by atoms with Crippen molar-refractivity contribution in [3.05, 3.63) is 12.1 Å². The molecule has 3 rings (SSSR count). The quantitative estimate of drug-likeness (QED) is 0.805. The largest absolute Gasteiger partial charge is 0.480 e. The number of ether oxygens (including phenoxy) is 3. The maximum absolute atomic E-state index is 12.3. The molecule has 0 aromatic carbocycles. The van der Waals surface area contributed by atoms with Gasteiger partial charge in [0.25, 0.3) is 0 Å². The number of hydrogen-bond donors (Lipinski definition) is 0. The molecule has 0 spiro atoms. The molecule has 2 atom stereocenters. The summed E-state index contributed by atoms with van der Waals surface area (Å²) in [5.41, 5.74) is 0. The van der Waals surface area contributed by atoms with Crippen LogP contribution in [0.1, 0.15) is 12.8 Å². The summed E-state index contributed by atoms with van der Waals surface area (Å²) >= 11 is 0. The van der Waals surface area contributed by atoms with Crippen molar-refractivity contribution in [1.29, 1.82) is 0 Å². The first kappa shape index (κ1) is 14.1. The van der Waals surface area contributed by atoms with Crippen LogP contribution in [-0.4, -0.2) is 60.5 Å². The molecule has 0 bridgehead atoms. The van der Waals surface area contributed by atoms with Gasteiger partial charge in [0.05, 0.1) is 26.2 Å². The molecule has 2 fully saturated rings. The summed E-state index contributed by atoms with van der Waals surface area (Å²) in [6.45, 7) is 2.56. The van der Waals surface area contributed by atoms with Gasteiger partial charge in [-0.15, -0.1) is 10.2 Å². The zero-order valence-corrected chi connectivity index (χ0v) is 12.0. The van der Waals surface area contributed by atoms with Gasteiger partial charge >= 0.3 is 0 Å². The summed E-state index contributed by atoms with van der Waals surface area (Å²) in [5.74, 6) is 1.11. The Morgan fingerprint density at radius 1 is 1.33 bits per heavy atom. The first-order valence-electron chi connectivity index (χ1n) is 7.17. The molecule has 0 radical (unpaired) electrons. The lowest BCUT2D eigenvalue weighted by Crippen LogP contribution is -2.36. The highest BCUT2D eigenvalue weighted by Crippen LogP contribution is 2.21. The van der Waals surface area contributed by atoms with Crippen molar-refractivity contribution in [3.63, 3.8) is 0 Å².